The van der Waals surface area contributed by atoms with Gasteiger partial charge in [0, 0.05) is 32.2 Å². The zero-order chi connectivity index (χ0) is 18.0. The molecule has 2 amide bonds. The highest BCUT2D eigenvalue weighted by atomic mass is 32.2. The third kappa shape index (κ3) is 4.73. The Labute approximate surface area is 150 Å². The van der Waals surface area contributed by atoms with Crippen LogP contribution in [0.25, 0.3) is 0 Å². The standard InChI is InChI=1S/C17H29N3O4S/c1-19(11-16(21)18-14-7-8-25(23,24)12-14)17(22)13-9-20(10-13)15-5-3-2-4-6-15/h13-15H,2-12H2,1H3,(H,18,21). The fourth-order valence-corrected chi connectivity index (χ4v) is 5.87. The van der Waals surface area contributed by atoms with Crippen LogP contribution in [0.1, 0.15) is 38.5 Å². The summed E-state index contributed by atoms with van der Waals surface area (Å²) in [6.07, 6.45) is 6.85. The fourth-order valence-electron chi connectivity index (χ4n) is 4.20. The van der Waals surface area contributed by atoms with Gasteiger partial charge in [-0.05, 0) is 19.3 Å². The number of hydrogen-bond donors (Lipinski definition) is 1. The summed E-state index contributed by atoms with van der Waals surface area (Å²) in [4.78, 5) is 28.4. The van der Waals surface area contributed by atoms with Gasteiger partial charge in [-0.15, -0.1) is 0 Å². The summed E-state index contributed by atoms with van der Waals surface area (Å²) in [5, 5.41) is 2.73. The molecule has 142 valence electrons. The van der Waals surface area contributed by atoms with E-state index < -0.39 is 9.84 Å². The Morgan fingerprint density at radius 3 is 2.40 bits per heavy atom. The molecule has 7 nitrogen and oxygen atoms in total. The third-order valence-electron chi connectivity index (χ3n) is 5.70. The molecule has 0 aromatic carbocycles. The molecule has 3 aliphatic rings. The van der Waals surface area contributed by atoms with E-state index in [-0.39, 0.29) is 41.8 Å². The Hall–Kier alpha value is -1.15. The Morgan fingerprint density at radius 1 is 1.12 bits per heavy atom. The van der Waals surface area contributed by atoms with Crippen LogP contribution < -0.4 is 5.32 Å². The van der Waals surface area contributed by atoms with Crippen molar-refractivity contribution in [1.29, 1.82) is 0 Å². The fraction of sp³-hybridized carbons (Fsp3) is 0.882. The lowest BCUT2D eigenvalue weighted by atomic mass is 9.88. The molecule has 1 unspecified atom stereocenters. The predicted octanol–water partition coefficient (Wildman–Crippen LogP) is 0.0126. The normalized spacial score (nSPS) is 27.6. The van der Waals surface area contributed by atoms with E-state index in [1.54, 1.807) is 7.05 Å². The Morgan fingerprint density at radius 2 is 1.80 bits per heavy atom. The minimum absolute atomic E-state index is 0.00465. The van der Waals surface area contributed by atoms with E-state index in [2.05, 4.69) is 10.2 Å². The van der Waals surface area contributed by atoms with Crippen LogP contribution in [0.15, 0.2) is 0 Å². The van der Waals surface area contributed by atoms with Crippen molar-refractivity contribution in [1.82, 2.24) is 15.1 Å². The van der Waals surface area contributed by atoms with Crippen molar-refractivity contribution in [2.45, 2.75) is 50.6 Å². The van der Waals surface area contributed by atoms with E-state index in [1.807, 2.05) is 0 Å². The zero-order valence-corrected chi connectivity index (χ0v) is 15.8. The average Bonchev–Trinajstić information content (AvgIpc) is 2.85. The minimum Gasteiger partial charge on any atom is -0.351 e. The summed E-state index contributed by atoms with van der Waals surface area (Å²) in [6.45, 7) is 1.60. The molecule has 1 aliphatic carbocycles. The van der Waals surface area contributed by atoms with Crippen molar-refractivity contribution in [2.24, 2.45) is 5.92 Å². The average molecular weight is 372 g/mol. The van der Waals surface area contributed by atoms with E-state index in [4.69, 9.17) is 0 Å². The topological polar surface area (TPSA) is 86.8 Å². The van der Waals surface area contributed by atoms with Crippen LogP contribution in [0.5, 0.6) is 0 Å². The lowest BCUT2D eigenvalue weighted by Crippen LogP contribution is -2.58. The molecule has 1 N–H and O–H groups in total. The Kier molecular flexibility index (Phi) is 5.68. The smallest absolute Gasteiger partial charge is 0.239 e. The molecule has 25 heavy (non-hydrogen) atoms. The number of hydrogen-bond acceptors (Lipinski definition) is 5. The van der Waals surface area contributed by atoms with Gasteiger partial charge < -0.3 is 10.2 Å². The van der Waals surface area contributed by atoms with Crippen molar-refractivity contribution < 1.29 is 18.0 Å². The SMILES string of the molecule is CN(CC(=O)NC1CCS(=O)(=O)C1)C(=O)C1CN(C2CCCCC2)C1. The second-order valence-corrected chi connectivity index (χ2v) is 10.0. The summed E-state index contributed by atoms with van der Waals surface area (Å²) in [7, 11) is -1.36. The lowest BCUT2D eigenvalue weighted by Gasteiger charge is -2.45. The van der Waals surface area contributed by atoms with Gasteiger partial charge in [0.1, 0.15) is 0 Å². The summed E-state index contributed by atoms with van der Waals surface area (Å²) in [6, 6.07) is 0.321. The second-order valence-electron chi connectivity index (χ2n) is 7.80. The first kappa shape index (κ1) is 18.6. The van der Waals surface area contributed by atoms with Gasteiger partial charge in [-0.1, -0.05) is 19.3 Å². The van der Waals surface area contributed by atoms with Gasteiger partial charge in [-0.2, -0.15) is 0 Å². The van der Waals surface area contributed by atoms with Gasteiger partial charge in [0.2, 0.25) is 11.8 Å². The Bertz CT molecular complexity index is 609. The van der Waals surface area contributed by atoms with Crippen LogP contribution in [0.3, 0.4) is 0 Å². The molecular formula is C17H29N3O4S. The number of likely N-dealkylation sites (N-methyl/N-ethyl adjacent to an activating group) is 1. The van der Waals surface area contributed by atoms with E-state index in [9.17, 15) is 18.0 Å². The first-order valence-electron chi connectivity index (χ1n) is 9.33. The number of sulfone groups is 1. The quantitative estimate of drug-likeness (QED) is 0.736. The van der Waals surface area contributed by atoms with Gasteiger partial charge >= 0.3 is 0 Å². The molecule has 3 rings (SSSR count). The molecule has 2 heterocycles. The van der Waals surface area contributed by atoms with Crippen LogP contribution in [0.4, 0.5) is 0 Å². The summed E-state index contributed by atoms with van der Waals surface area (Å²) in [5.74, 6) is -0.129. The van der Waals surface area contributed by atoms with Crippen LogP contribution in [0, 0.1) is 5.92 Å². The number of carbonyl (C=O) groups excluding carboxylic acids is 2. The van der Waals surface area contributed by atoms with Gasteiger partial charge in [0.05, 0.1) is 24.0 Å². The molecule has 0 aromatic rings. The van der Waals surface area contributed by atoms with Crippen molar-refractivity contribution in [2.75, 3.05) is 38.2 Å². The summed E-state index contributed by atoms with van der Waals surface area (Å²) >= 11 is 0. The van der Waals surface area contributed by atoms with Crippen LogP contribution in [0.2, 0.25) is 0 Å². The number of amides is 2. The highest BCUT2D eigenvalue weighted by molar-refractivity contribution is 7.91. The first-order chi connectivity index (χ1) is 11.8. The second kappa shape index (κ2) is 7.61. The van der Waals surface area contributed by atoms with E-state index in [1.165, 1.54) is 37.0 Å². The van der Waals surface area contributed by atoms with Crippen LogP contribution >= 0.6 is 0 Å². The largest absolute Gasteiger partial charge is 0.351 e. The van der Waals surface area contributed by atoms with E-state index in [0.717, 1.165) is 13.1 Å². The molecule has 0 bridgehead atoms. The lowest BCUT2D eigenvalue weighted by molar-refractivity contribution is -0.144. The van der Waals surface area contributed by atoms with E-state index in [0.29, 0.717) is 12.5 Å². The molecule has 8 heteroatoms. The first-order valence-corrected chi connectivity index (χ1v) is 11.1. The Balaban J connectivity index is 1.38. The number of carbonyl (C=O) groups is 2. The number of rotatable bonds is 5. The van der Waals surface area contributed by atoms with Gasteiger partial charge in [0.25, 0.3) is 0 Å². The maximum absolute atomic E-state index is 12.5. The molecule has 2 saturated heterocycles. The molecule has 0 spiro atoms. The molecule has 0 aromatic heterocycles. The maximum Gasteiger partial charge on any atom is 0.239 e. The molecule has 0 radical (unpaired) electrons. The van der Waals surface area contributed by atoms with Gasteiger partial charge in [-0.3, -0.25) is 14.5 Å². The molecular weight excluding hydrogens is 342 g/mol. The number of nitrogens with one attached hydrogen (secondary N) is 1. The van der Waals surface area contributed by atoms with Crippen LogP contribution in [-0.2, 0) is 19.4 Å². The summed E-state index contributed by atoms with van der Waals surface area (Å²) in [5.41, 5.74) is 0. The highest BCUT2D eigenvalue weighted by Crippen LogP contribution is 2.29. The molecule has 3 fully saturated rings. The third-order valence-corrected chi connectivity index (χ3v) is 7.47. The van der Waals surface area contributed by atoms with Crippen molar-refractivity contribution in [3.63, 3.8) is 0 Å². The van der Waals surface area contributed by atoms with Gasteiger partial charge in [0.15, 0.2) is 9.84 Å². The molecule has 1 atom stereocenters. The van der Waals surface area contributed by atoms with Crippen LogP contribution in [-0.4, -0.2) is 80.3 Å². The zero-order valence-electron chi connectivity index (χ0n) is 14.9. The van der Waals surface area contributed by atoms with E-state index >= 15 is 0 Å². The maximum atomic E-state index is 12.5. The minimum atomic E-state index is -3.01. The van der Waals surface area contributed by atoms with Gasteiger partial charge in [-0.25, -0.2) is 8.42 Å². The highest BCUT2D eigenvalue weighted by Gasteiger charge is 2.38. The molecule has 2 aliphatic heterocycles. The van der Waals surface area contributed by atoms with Crippen molar-refractivity contribution >= 4 is 21.7 Å². The number of likely N-dealkylation sites (tertiary alicyclic amines) is 1. The molecule has 1 saturated carbocycles. The summed E-state index contributed by atoms with van der Waals surface area (Å²) < 4.78 is 22.9. The van der Waals surface area contributed by atoms with Crippen molar-refractivity contribution in [3.8, 4) is 0 Å². The number of nitrogens with zero attached hydrogens (tertiary/aromatic N) is 2. The predicted molar refractivity (Wildman–Crippen MR) is 94.8 cm³/mol. The van der Waals surface area contributed by atoms with Crippen molar-refractivity contribution in [3.05, 3.63) is 0 Å². The monoisotopic (exact) mass is 371 g/mol.